The van der Waals surface area contributed by atoms with Crippen molar-refractivity contribution in [1.29, 1.82) is 0 Å². The summed E-state index contributed by atoms with van der Waals surface area (Å²) < 4.78 is 5.14. The van der Waals surface area contributed by atoms with Crippen LogP contribution in [0.25, 0.3) is 0 Å². The van der Waals surface area contributed by atoms with Crippen LogP contribution >= 0.6 is 11.8 Å². The number of carbonyl (C=O) groups excluding carboxylic acids is 1. The van der Waals surface area contributed by atoms with Crippen molar-refractivity contribution in [3.63, 3.8) is 0 Å². The maximum Gasteiger partial charge on any atom is 0.326 e. The summed E-state index contributed by atoms with van der Waals surface area (Å²) in [5.41, 5.74) is -0.603. The molecule has 20 heavy (non-hydrogen) atoms. The first kappa shape index (κ1) is 16.9. The normalized spacial score (nSPS) is 13.8. The lowest BCUT2D eigenvalue weighted by atomic mass is 9.96. The van der Waals surface area contributed by atoms with E-state index in [0.717, 1.165) is 30.2 Å². The number of hydrogen-bond donors (Lipinski definition) is 1. The molecule has 0 radical (unpaired) electrons. The zero-order chi connectivity index (χ0) is 14.8. The van der Waals surface area contributed by atoms with Crippen LogP contribution in [-0.2, 0) is 9.53 Å². The van der Waals surface area contributed by atoms with Gasteiger partial charge in [0.15, 0.2) is 0 Å². The van der Waals surface area contributed by atoms with Gasteiger partial charge in [-0.15, -0.1) is 11.8 Å². The minimum atomic E-state index is -0.603. The van der Waals surface area contributed by atoms with Crippen LogP contribution in [0.1, 0.15) is 33.6 Å². The molecule has 1 aromatic heterocycles. The molecular weight excluding hydrogens is 274 g/mol. The highest BCUT2D eigenvalue weighted by atomic mass is 32.2. The quantitative estimate of drug-likeness (QED) is 0.428. The molecule has 5 nitrogen and oxygen atoms in total. The van der Waals surface area contributed by atoms with E-state index in [1.165, 1.54) is 0 Å². The number of esters is 1. The number of rotatable bonds is 9. The van der Waals surface area contributed by atoms with Crippen molar-refractivity contribution >= 4 is 17.7 Å². The lowest BCUT2D eigenvalue weighted by Gasteiger charge is -2.28. The summed E-state index contributed by atoms with van der Waals surface area (Å²) in [5, 5.41) is 4.14. The average Bonchev–Trinajstić information content (AvgIpc) is 2.45. The number of carbonyl (C=O) groups is 1. The third-order valence-corrected chi connectivity index (χ3v) is 3.90. The highest BCUT2D eigenvalue weighted by Gasteiger charge is 2.32. The molecule has 1 aromatic rings. The smallest absolute Gasteiger partial charge is 0.326 e. The van der Waals surface area contributed by atoms with Gasteiger partial charge in [-0.2, -0.15) is 0 Å². The number of nitrogens with zero attached hydrogens (tertiary/aromatic N) is 2. The van der Waals surface area contributed by atoms with E-state index in [-0.39, 0.29) is 5.97 Å². The Labute approximate surface area is 124 Å². The van der Waals surface area contributed by atoms with Gasteiger partial charge in [-0.1, -0.05) is 6.92 Å². The molecule has 0 aliphatic rings. The number of thioether (sulfide) groups is 1. The van der Waals surface area contributed by atoms with Gasteiger partial charge in [0.25, 0.3) is 0 Å². The van der Waals surface area contributed by atoms with Crippen molar-refractivity contribution in [2.75, 3.05) is 18.9 Å². The van der Waals surface area contributed by atoms with Crippen molar-refractivity contribution in [2.24, 2.45) is 0 Å². The fourth-order valence-corrected chi connectivity index (χ4v) is 2.67. The van der Waals surface area contributed by atoms with Gasteiger partial charge in [-0.3, -0.25) is 9.78 Å². The summed E-state index contributed by atoms with van der Waals surface area (Å²) in [5.74, 6) is 0.727. The maximum atomic E-state index is 12.0. The minimum absolute atomic E-state index is 0.175. The highest BCUT2D eigenvalue weighted by molar-refractivity contribution is 7.99. The van der Waals surface area contributed by atoms with Crippen LogP contribution in [0.2, 0.25) is 0 Å². The molecule has 0 aliphatic carbocycles. The van der Waals surface area contributed by atoms with Gasteiger partial charge >= 0.3 is 5.97 Å². The Kier molecular flexibility index (Phi) is 7.54. The van der Waals surface area contributed by atoms with E-state index < -0.39 is 5.54 Å². The Morgan fingerprint density at radius 2 is 2.25 bits per heavy atom. The molecule has 0 bridgehead atoms. The molecule has 6 heteroatoms. The number of ether oxygens (including phenoxy) is 1. The van der Waals surface area contributed by atoms with E-state index in [9.17, 15) is 4.79 Å². The van der Waals surface area contributed by atoms with Crippen LogP contribution in [0.4, 0.5) is 0 Å². The second-order valence-corrected chi connectivity index (χ2v) is 5.69. The first-order valence-corrected chi connectivity index (χ1v) is 7.92. The Morgan fingerprint density at radius 1 is 1.45 bits per heavy atom. The molecule has 0 fully saturated rings. The number of hydrogen-bond acceptors (Lipinski definition) is 6. The van der Waals surface area contributed by atoms with Crippen LogP contribution in [0, 0.1) is 0 Å². The third kappa shape index (κ3) is 5.46. The molecule has 1 N–H and O–H groups in total. The van der Waals surface area contributed by atoms with E-state index >= 15 is 0 Å². The fourth-order valence-electron chi connectivity index (χ4n) is 1.91. The number of aromatic nitrogens is 2. The lowest BCUT2D eigenvalue weighted by molar-refractivity contribution is -0.150. The first-order chi connectivity index (χ1) is 9.62. The molecule has 1 heterocycles. The topological polar surface area (TPSA) is 64.1 Å². The third-order valence-electron chi connectivity index (χ3n) is 2.90. The molecule has 0 saturated heterocycles. The molecule has 0 saturated carbocycles. The molecule has 0 spiro atoms. The number of nitrogens with one attached hydrogen (secondary N) is 1. The van der Waals surface area contributed by atoms with Gasteiger partial charge in [0, 0.05) is 12.4 Å². The molecular formula is C14H23N3O2S. The number of likely N-dealkylation sites (N-methyl/N-ethyl adjacent to an activating group) is 1. The molecule has 0 aliphatic heterocycles. The Bertz CT molecular complexity index is 403. The molecule has 1 atom stereocenters. The summed E-state index contributed by atoms with van der Waals surface area (Å²) in [6, 6.07) is 0. The summed E-state index contributed by atoms with van der Waals surface area (Å²) in [6.45, 7) is 6.88. The van der Waals surface area contributed by atoms with E-state index in [2.05, 4.69) is 15.3 Å². The largest absolute Gasteiger partial charge is 0.465 e. The molecule has 1 rings (SSSR count). The van der Waals surface area contributed by atoms with E-state index in [1.54, 1.807) is 30.4 Å². The highest BCUT2D eigenvalue weighted by Crippen LogP contribution is 2.20. The van der Waals surface area contributed by atoms with E-state index in [4.69, 9.17) is 4.74 Å². The fraction of sp³-hybridized carbons (Fsp3) is 0.643. The molecule has 112 valence electrons. The predicted octanol–water partition coefficient (Wildman–Crippen LogP) is 2.28. The van der Waals surface area contributed by atoms with Crippen molar-refractivity contribution in [2.45, 2.75) is 44.2 Å². The van der Waals surface area contributed by atoms with Crippen molar-refractivity contribution < 1.29 is 9.53 Å². The summed E-state index contributed by atoms with van der Waals surface area (Å²) in [4.78, 5) is 20.2. The summed E-state index contributed by atoms with van der Waals surface area (Å²) >= 11 is 1.65. The molecule has 1 unspecified atom stereocenters. The van der Waals surface area contributed by atoms with Gasteiger partial charge in [-0.05, 0) is 39.0 Å². The van der Waals surface area contributed by atoms with Crippen LogP contribution in [0.15, 0.2) is 23.6 Å². The SMILES string of the molecule is CCNC(C)(CCCSc1cnccn1)C(=O)OCC. The Morgan fingerprint density at radius 3 is 2.85 bits per heavy atom. The monoisotopic (exact) mass is 297 g/mol. The van der Waals surface area contributed by atoms with Gasteiger partial charge < -0.3 is 10.1 Å². The van der Waals surface area contributed by atoms with Gasteiger partial charge in [0.05, 0.1) is 12.8 Å². The average molecular weight is 297 g/mol. The maximum absolute atomic E-state index is 12.0. The van der Waals surface area contributed by atoms with Crippen LogP contribution in [0.5, 0.6) is 0 Å². The standard InChI is InChI=1S/C14H23N3O2S/c1-4-17-14(3,13(18)19-5-2)7-6-10-20-12-11-15-8-9-16-12/h8-9,11,17H,4-7,10H2,1-3H3. The second-order valence-electron chi connectivity index (χ2n) is 4.58. The Hall–Kier alpha value is -1.14. The van der Waals surface area contributed by atoms with Gasteiger partial charge in [-0.25, -0.2) is 4.98 Å². The van der Waals surface area contributed by atoms with Crippen molar-refractivity contribution in [3.05, 3.63) is 18.6 Å². The Balaban J connectivity index is 2.41. The molecule has 0 aromatic carbocycles. The van der Waals surface area contributed by atoms with Crippen LogP contribution in [-0.4, -0.2) is 40.4 Å². The zero-order valence-electron chi connectivity index (χ0n) is 12.4. The zero-order valence-corrected chi connectivity index (χ0v) is 13.2. The van der Waals surface area contributed by atoms with E-state index in [1.807, 2.05) is 20.8 Å². The first-order valence-electron chi connectivity index (χ1n) is 6.93. The van der Waals surface area contributed by atoms with Gasteiger partial charge in [0.2, 0.25) is 0 Å². The van der Waals surface area contributed by atoms with E-state index in [0.29, 0.717) is 6.61 Å². The van der Waals surface area contributed by atoms with Crippen LogP contribution < -0.4 is 5.32 Å². The van der Waals surface area contributed by atoms with Gasteiger partial charge in [0.1, 0.15) is 10.6 Å². The van der Waals surface area contributed by atoms with Crippen LogP contribution in [0.3, 0.4) is 0 Å². The molecule has 0 amide bonds. The second kappa shape index (κ2) is 8.92. The predicted molar refractivity (Wildman–Crippen MR) is 80.7 cm³/mol. The van der Waals surface area contributed by atoms with Crippen molar-refractivity contribution in [3.8, 4) is 0 Å². The van der Waals surface area contributed by atoms with Crippen molar-refractivity contribution in [1.82, 2.24) is 15.3 Å². The lowest BCUT2D eigenvalue weighted by Crippen LogP contribution is -2.50. The minimum Gasteiger partial charge on any atom is -0.465 e. The summed E-state index contributed by atoms with van der Waals surface area (Å²) in [7, 11) is 0. The summed E-state index contributed by atoms with van der Waals surface area (Å²) in [6.07, 6.45) is 6.74.